The second-order valence-corrected chi connectivity index (χ2v) is 5.94. The highest BCUT2D eigenvalue weighted by Gasteiger charge is 2.31. The molecule has 3 nitrogen and oxygen atoms in total. The Morgan fingerprint density at radius 1 is 1.28 bits per heavy atom. The van der Waals surface area contributed by atoms with E-state index in [-0.39, 0.29) is 24.0 Å². The van der Waals surface area contributed by atoms with Crippen LogP contribution in [-0.2, 0) is 10.2 Å². The summed E-state index contributed by atoms with van der Waals surface area (Å²) in [5.74, 6) is 0.109. The number of aliphatic hydroxyl groups is 1. The lowest BCUT2D eigenvalue weighted by molar-refractivity contribution is -0.117. The normalized spacial score (nSPS) is 20.6. The zero-order chi connectivity index (χ0) is 13.3. The van der Waals surface area contributed by atoms with Gasteiger partial charge in [0.05, 0.1) is 12.6 Å². The Kier molecular flexibility index (Phi) is 3.44. The first-order valence-electron chi connectivity index (χ1n) is 6.47. The summed E-state index contributed by atoms with van der Waals surface area (Å²) in [7, 11) is 0. The molecule has 1 heterocycles. The number of rotatable bonds is 2. The van der Waals surface area contributed by atoms with E-state index in [1.165, 1.54) is 5.56 Å². The molecule has 1 amide bonds. The Morgan fingerprint density at radius 2 is 1.89 bits per heavy atom. The molecule has 3 heteroatoms. The van der Waals surface area contributed by atoms with Crippen LogP contribution in [0.3, 0.4) is 0 Å². The van der Waals surface area contributed by atoms with E-state index in [9.17, 15) is 9.90 Å². The number of hydrogen-bond donors (Lipinski definition) is 1. The van der Waals surface area contributed by atoms with Gasteiger partial charge in [0.2, 0.25) is 5.91 Å². The first kappa shape index (κ1) is 13.1. The van der Waals surface area contributed by atoms with E-state index < -0.39 is 0 Å². The van der Waals surface area contributed by atoms with Gasteiger partial charge in [0, 0.05) is 12.1 Å². The highest BCUT2D eigenvalue weighted by atomic mass is 16.3. The number of carbonyl (C=O) groups excluding carboxylic acids is 1. The Bertz CT molecular complexity index is 431. The Labute approximate surface area is 108 Å². The van der Waals surface area contributed by atoms with E-state index in [0.717, 1.165) is 12.1 Å². The molecule has 1 aromatic carbocycles. The maximum absolute atomic E-state index is 11.8. The van der Waals surface area contributed by atoms with Crippen molar-refractivity contribution >= 4 is 11.6 Å². The highest BCUT2D eigenvalue weighted by Crippen LogP contribution is 2.29. The Morgan fingerprint density at radius 3 is 2.39 bits per heavy atom. The largest absolute Gasteiger partial charge is 0.394 e. The summed E-state index contributed by atoms with van der Waals surface area (Å²) < 4.78 is 0. The third-order valence-electron chi connectivity index (χ3n) is 3.55. The van der Waals surface area contributed by atoms with Crippen molar-refractivity contribution in [2.75, 3.05) is 11.5 Å². The van der Waals surface area contributed by atoms with Crippen LogP contribution in [0.4, 0.5) is 5.69 Å². The van der Waals surface area contributed by atoms with Gasteiger partial charge in [-0.1, -0.05) is 32.9 Å². The monoisotopic (exact) mass is 247 g/mol. The van der Waals surface area contributed by atoms with Crippen molar-refractivity contribution in [2.45, 2.75) is 45.1 Å². The number of hydrogen-bond acceptors (Lipinski definition) is 2. The number of carbonyl (C=O) groups is 1. The summed E-state index contributed by atoms with van der Waals surface area (Å²) in [6.45, 7) is 6.53. The van der Waals surface area contributed by atoms with Gasteiger partial charge in [-0.15, -0.1) is 0 Å². The number of amides is 1. The van der Waals surface area contributed by atoms with E-state index in [2.05, 4.69) is 32.9 Å². The quantitative estimate of drug-likeness (QED) is 0.872. The fourth-order valence-electron chi connectivity index (χ4n) is 2.39. The van der Waals surface area contributed by atoms with Gasteiger partial charge in [0.25, 0.3) is 0 Å². The summed E-state index contributed by atoms with van der Waals surface area (Å²) in [6, 6.07) is 8.03. The van der Waals surface area contributed by atoms with Crippen molar-refractivity contribution in [1.29, 1.82) is 0 Å². The zero-order valence-corrected chi connectivity index (χ0v) is 11.3. The molecule has 2 rings (SSSR count). The van der Waals surface area contributed by atoms with E-state index in [1.807, 2.05) is 12.1 Å². The molecule has 0 spiro atoms. The van der Waals surface area contributed by atoms with Gasteiger partial charge < -0.3 is 10.0 Å². The van der Waals surface area contributed by atoms with Crippen LogP contribution < -0.4 is 4.90 Å². The van der Waals surface area contributed by atoms with Gasteiger partial charge in [0.1, 0.15) is 0 Å². The lowest BCUT2D eigenvalue weighted by atomic mass is 9.87. The predicted molar refractivity (Wildman–Crippen MR) is 72.7 cm³/mol. The van der Waals surface area contributed by atoms with E-state index in [4.69, 9.17) is 0 Å². The molecule has 1 aromatic rings. The number of anilines is 1. The molecule has 0 aromatic heterocycles. The molecule has 1 unspecified atom stereocenters. The molecule has 0 saturated carbocycles. The standard InChI is InChI=1S/C15H21NO2/c1-15(2,3)11-4-6-12(7-5-11)16-13(10-17)8-9-14(16)18/h4-7,13,17H,8-10H2,1-3H3. The molecule has 1 N–H and O–H groups in total. The molecule has 98 valence electrons. The molecule has 1 fully saturated rings. The SMILES string of the molecule is CC(C)(C)c1ccc(N2C(=O)CCC2CO)cc1. The number of aliphatic hydroxyl groups excluding tert-OH is 1. The van der Waals surface area contributed by atoms with Crippen LogP contribution in [0.15, 0.2) is 24.3 Å². The van der Waals surface area contributed by atoms with Gasteiger partial charge in [-0.05, 0) is 29.5 Å². The van der Waals surface area contributed by atoms with E-state index in [0.29, 0.717) is 6.42 Å². The molecule has 18 heavy (non-hydrogen) atoms. The molecule has 1 aliphatic heterocycles. The maximum atomic E-state index is 11.8. The van der Waals surface area contributed by atoms with Gasteiger partial charge in [-0.2, -0.15) is 0 Å². The minimum atomic E-state index is -0.0574. The Hall–Kier alpha value is -1.35. The molecule has 1 aliphatic rings. The summed E-state index contributed by atoms with van der Waals surface area (Å²) in [5.41, 5.74) is 2.26. The highest BCUT2D eigenvalue weighted by molar-refractivity contribution is 5.96. The van der Waals surface area contributed by atoms with Crippen molar-refractivity contribution in [2.24, 2.45) is 0 Å². The average molecular weight is 247 g/mol. The second-order valence-electron chi connectivity index (χ2n) is 5.94. The maximum Gasteiger partial charge on any atom is 0.227 e. The average Bonchev–Trinajstić information content (AvgIpc) is 2.69. The minimum Gasteiger partial charge on any atom is -0.394 e. The zero-order valence-electron chi connectivity index (χ0n) is 11.3. The first-order valence-corrected chi connectivity index (χ1v) is 6.47. The third-order valence-corrected chi connectivity index (χ3v) is 3.55. The van der Waals surface area contributed by atoms with Crippen LogP contribution in [0.2, 0.25) is 0 Å². The Balaban J connectivity index is 2.26. The number of nitrogens with zero attached hydrogens (tertiary/aromatic N) is 1. The van der Waals surface area contributed by atoms with Gasteiger partial charge in [-0.3, -0.25) is 4.79 Å². The van der Waals surface area contributed by atoms with E-state index >= 15 is 0 Å². The third kappa shape index (κ3) is 2.41. The first-order chi connectivity index (χ1) is 8.43. The van der Waals surface area contributed by atoms with Gasteiger partial charge in [-0.25, -0.2) is 0 Å². The van der Waals surface area contributed by atoms with Crippen molar-refractivity contribution in [1.82, 2.24) is 0 Å². The van der Waals surface area contributed by atoms with Crippen LogP contribution in [0, 0.1) is 0 Å². The summed E-state index contributed by atoms with van der Waals surface area (Å²) in [5, 5.41) is 9.31. The lowest BCUT2D eigenvalue weighted by Gasteiger charge is -2.25. The van der Waals surface area contributed by atoms with Gasteiger partial charge >= 0.3 is 0 Å². The molecule has 1 atom stereocenters. The predicted octanol–water partition coefficient (Wildman–Crippen LogP) is 2.47. The minimum absolute atomic E-state index is 0.0345. The second kappa shape index (κ2) is 4.73. The van der Waals surface area contributed by atoms with Crippen molar-refractivity contribution in [3.8, 4) is 0 Å². The lowest BCUT2D eigenvalue weighted by Crippen LogP contribution is -2.35. The van der Waals surface area contributed by atoms with E-state index in [1.54, 1.807) is 4.90 Å². The topological polar surface area (TPSA) is 40.5 Å². The van der Waals surface area contributed by atoms with Crippen molar-refractivity contribution in [3.05, 3.63) is 29.8 Å². The fraction of sp³-hybridized carbons (Fsp3) is 0.533. The van der Waals surface area contributed by atoms with Crippen molar-refractivity contribution < 1.29 is 9.90 Å². The van der Waals surface area contributed by atoms with Crippen LogP contribution in [0.5, 0.6) is 0 Å². The molecular formula is C15H21NO2. The molecular weight excluding hydrogens is 226 g/mol. The summed E-state index contributed by atoms with van der Waals surface area (Å²) in [4.78, 5) is 13.6. The van der Waals surface area contributed by atoms with Gasteiger partial charge in [0.15, 0.2) is 0 Å². The van der Waals surface area contributed by atoms with Crippen LogP contribution in [0.25, 0.3) is 0 Å². The molecule has 0 aliphatic carbocycles. The van der Waals surface area contributed by atoms with Crippen molar-refractivity contribution in [3.63, 3.8) is 0 Å². The van der Waals surface area contributed by atoms with Crippen LogP contribution in [0.1, 0.15) is 39.2 Å². The molecule has 0 radical (unpaired) electrons. The molecule has 1 saturated heterocycles. The van der Waals surface area contributed by atoms with Crippen LogP contribution in [-0.4, -0.2) is 23.7 Å². The summed E-state index contributed by atoms with van der Waals surface area (Å²) >= 11 is 0. The smallest absolute Gasteiger partial charge is 0.227 e. The van der Waals surface area contributed by atoms with Crippen LogP contribution >= 0.6 is 0 Å². The summed E-state index contributed by atoms with van der Waals surface area (Å²) in [6.07, 6.45) is 1.28. The number of benzene rings is 1. The molecule has 0 bridgehead atoms. The fourth-order valence-corrected chi connectivity index (χ4v) is 2.39.